The molecule has 1 saturated carbocycles. The van der Waals surface area contributed by atoms with E-state index in [1.54, 1.807) is 4.68 Å². The number of hydrogen-bond donors (Lipinski definition) is 0. The Morgan fingerprint density at radius 2 is 1.79 bits per heavy atom. The molecule has 150 valence electrons. The van der Waals surface area contributed by atoms with Gasteiger partial charge in [-0.3, -0.25) is 14.6 Å². The molecule has 0 radical (unpaired) electrons. The second-order valence-electron chi connectivity index (χ2n) is 8.53. The predicted octanol–water partition coefficient (Wildman–Crippen LogP) is 1.47. The molecule has 1 saturated heterocycles. The van der Waals surface area contributed by atoms with Crippen LogP contribution in [-0.4, -0.2) is 61.9 Å². The highest BCUT2D eigenvalue weighted by atomic mass is 16.1. The molecule has 3 heterocycles. The van der Waals surface area contributed by atoms with Crippen molar-refractivity contribution < 1.29 is 0 Å². The van der Waals surface area contributed by atoms with Crippen LogP contribution in [0, 0.1) is 0 Å². The summed E-state index contributed by atoms with van der Waals surface area (Å²) in [4.78, 5) is 21.7. The van der Waals surface area contributed by atoms with Crippen molar-refractivity contribution in [2.75, 3.05) is 32.7 Å². The molecule has 0 N–H and O–H groups in total. The first kappa shape index (κ1) is 18.1. The summed E-state index contributed by atoms with van der Waals surface area (Å²) in [5.74, 6) is 0. The molecular weight excluding hydrogens is 352 g/mol. The lowest BCUT2D eigenvalue weighted by molar-refractivity contribution is 0.120. The number of imidazole rings is 1. The first-order valence-corrected chi connectivity index (χ1v) is 10.8. The van der Waals surface area contributed by atoms with Gasteiger partial charge in [-0.25, -0.2) is 9.67 Å². The largest absolute Gasteiger partial charge is 0.330 e. The lowest BCUT2D eigenvalue weighted by Crippen LogP contribution is -2.47. The molecule has 2 aliphatic carbocycles. The van der Waals surface area contributed by atoms with E-state index in [9.17, 15) is 4.79 Å². The van der Waals surface area contributed by atoms with Gasteiger partial charge in [0, 0.05) is 57.6 Å². The second-order valence-corrected chi connectivity index (χ2v) is 8.53. The average molecular weight is 383 g/mol. The Hall–Kier alpha value is -1.99. The van der Waals surface area contributed by atoms with Crippen molar-refractivity contribution in [3.8, 4) is 0 Å². The Kier molecular flexibility index (Phi) is 5.03. The molecule has 1 aliphatic heterocycles. The second kappa shape index (κ2) is 7.79. The maximum atomic E-state index is 12.4. The van der Waals surface area contributed by atoms with E-state index in [1.807, 2.05) is 18.6 Å². The first-order chi connectivity index (χ1) is 13.8. The van der Waals surface area contributed by atoms with E-state index in [0.29, 0.717) is 12.6 Å². The predicted molar refractivity (Wildman–Crippen MR) is 107 cm³/mol. The van der Waals surface area contributed by atoms with Gasteiger partial charge in [-0.2, -0.15) is 5.10 Å². The lowest BCUT2D eigenvalue weighted by atomic mass is 9.97. The molecular formula is C21H30N6O. The number of fused-ring (bicyclic) bond motifs is 1. The number of aromatic nitrogens is 4. The summed E-state index contributed by atoms with van der Waals surface area (Å²) in [5.41, 5.74) is 3.72. The van der Waals surface area contributed by atoms with Crippen LogP contribution in [0.1, 0.15) is 48.7 Å². The SMILES string of the molecule is O=c1cc2c(nn1CCN1CCN(Cc3cncn3C3CC3)CC1)CCCC2. The van der Waals surface area contributed by atoms with E-state index >= 15 is 0 Å². The number of nitrogens with zero attached hydrogens (tertiary/aromatic N) is 6. The molecule has 0 amide bonds. The molecule has 2 aromatic rings. The third-order valence-corrected chi connectivity index (χ3v) is 6.44. The summed E-state index contributed by atoms with van der Waals surface area (Å²) in [7, 11) is 0. The maximum Gasteiger partial charge on any atom is 0.267 e. The topological polar surface area (TPSA) is 59.2 Å². The fraction of sp³-hybridized carbons (Fsp3) is 0.667. The molecule has 0 atom stereocenters. The fourth-order valence-electron chi connectivity index (χ4n) is 4.53. The summed E-state index contributed by atoms with van der Waals surface area (Å²) in [5, 5.41) is 4.65. The Bertz CT molecular complexity index is 875. The molecule has 28 heavy (non-hydrogen) atoms. The number of aryl methyl sites for hydroxylation is 2. The molecule has 0 spiro atoms. The lowest BCUT2D eigenvalue weighted by Gasteiger charge is -2.34. The summed E-state index contributed by atoms with van der Waals surface area (Å²) < 4.78 is 4.05. The van der Waals surface area contributed by atoms with E-state index in [0.717, 1.165) is 57.8 Å². The summed E-state index contributed by atoms with van der Waals surface area (Å²) >= 11 is 0. The van der Waals surface area contributed by atoms with E-state index < -0.39 is 0 Å². The molecule has 7 heteroatoms. The molecule has 3 aliphatic rings. The quantitative estimate of drug-likeness (QED) is 0.757. The van der Waals surface area contributed by atoms with Crippen LogP contribution in [0.25, 0.3) is 0 Å². The van der Waals surface area contributed by atoms with Gasteiger partial charge in [0.2, 0.25) is 0 Å². The van der Waals surface area contributed by atoms with Gasteiger partial charge in [0.1, 0.15) is 0 Å². The number of rotatable bonds is 6. The Morgan fingerprint density at radius 3 is 2.61 bits per heavy atom. The van der Waals surface area contributed by atoms with Crippen LogP contribution in [0.2, 0.25) is 0 Å². The zero-order valence-electron chi connectivity index (χ0n) is 16.6. The summed E-state index contributed by atoms with van der Waals surface area (Å²) in [6.45, 7) is 6.84. The molecule has 5 rings (SSSR count). The van der Waals surface area contributed by atoms with Crippen molar-refractivity contribution in [2.45, 2.75) is 57.7 Å². The Balaban J connectivity index is 1.13. The number of hydrogen-bond acceptors (Lipinski definition) is 5. The zero-order chi connectivity index (χ0) is 18.9. The van der Waals surface area contributed by atoms with Crippen LogP contribution in [-0.2, 0) is 25.9 Å². The molecule has 0 bridgehead atoms. The van der Waals surface area contributed by atoms with Crippen molar-refractivity contribution in [2.24, 2.45) is 0 Å². The van der Waals surface area contributed by atoms with Crippen molar-refractivity contribution in [1.29, 1.82) is 0 Å². The van der Waals surface area contributed by atoms with Gasteiger partial charge in [-0.1, -0.05) is 0 Å². The van der Waals surface area contributed by atoms with E-state index in [2.05, 4.69) is 24.4 Å². The smallest absolute Gasteiger partial charge is 0.267 e. The average Bonchev–Trinajstić information content (AvgIpc) is 3.46. The van der Waals surface area contributed by atoms with Crippen molar-refractivity contribution >= 4 is 0 Å². The van der Waals surface area contributed by atoms with Gasteiger partial charge in [-0.05, 0) is 44.1 Å². The van der Waals surface area contributed by atoms with Crippen LogP contribution >= 0.6 is 0 Å². The van der Waals surface area contributed by atoms with Crippen LogP contribution in [0.5, 0.6) is 0 Å². The Labute approximate surface area is 166 Å². The minimum absolute atomic E-state index is 0.0626. The van der Waals surface area contributed by atoms with Gasteiger partial charge < -0.3 is 4.57 Å². The minimum Gasteiger partial charge on any atom is -0.330 e. The standard InChI is InChI=1S/C21H30N6O/c28-21-13-17-3-1-2-4-20(17)23-27(21)12-11-24-7-9-25(10-8-24)15-19-14-22-16-26(19)18-5-6-18/h13-14,16,18H,1-12,15H2. The zero-order valence-corrected chi connectivity index (χ0v) is 16.6. The summed E-state index contributed by atoms with van der Waals surface area (Å²) in [6, 6.07) is 2.52. The highest BCUT2D eigenvalue weighted by molar-refractivity contribution is 5.20. The van der Waals surface area contributed by atoms with Gasteiger partial charge in [0.15, 0.2) is 0 Å². The molecule has 2 aromatic heterocycles. The van der Waals surface area contributed by atoms with Crippen LogP contribution in [0.4, 0.5) is 0 Å². The number of piperazine rings is 1. The molecule has 0 aromatic carbocycles. The van der Waals surface area contributed by atoms with E-state index in [4.69, 9.17) is 0 Å². The summed E-state index contributed by atoms with van der Waals surface area (Å²) in [6.07, 6.45) is 11.0. The van der Waals surface area contributed by atoms with Crippen molar-refractivity contribution in [3.05, 3.63) is 45.9 Å². The molecule has 2 fully saturated rings. The van der Waals surface area contributed by atoms with Crippen molar-refractivity contribution in [1.82, 2.24) is 29.1 Å². The normalized spacial score (nSPS) is 21.0. The van der Waals surface area contributed by atoms with Crippen molar-refractivity contribution in [3.63, 3.8) is 0 Å². The first-order valence-electron chi connectivity index (χ1n) is 10.8. The van der Waals surface area contributed by atoms with Crippen LogP contribution < -0.4 is 5.56 Å². The minimum atomic E-state index is 0.0626. The van der Waals surface area contributed by atoms with Gasteiger partial charge in [-0.15, -0.1) is 0 Å². The van der Waals surface area contributed by atoms with E-state index in [-0.39, 0.29) is 5.56 Å². The third kappa shape index (κ3) is 3.91. The van der Waals surface area contributed by atoms with Gasteiger partial charge in [0.05, 0.1) is 24.3 Å². The van der Waals surface area contributed by atoms with Gasteiger partial charge >= 0.3 is 0 Å². The van der Waals surface area contributed by atoms with Crippen LogP contribution in [0.15, 0.2) is 23.4 Å². The monoisotopic (exact) mass is 382 g/mol. The maximum absolute atomic E-state index is 12.4. The van der Waals surface area contributed by atoms with Crippen LogP contribution in [0.3, 0.4) is 0 Å². The van der Waals surface area contributed by atoms with Gasteiger partial charge in [0.25, 0.3) is 5.56 Å². The Morgan fingerprint density at radius 1 is 1.00 bits per heavy atom. The highest BCUT2D eigenvalue weighted by Crippen LogP contribution is 2.35. The third-order valence-electron chi connectivity index (χ3n) is 6.44. The fourth-order valence-corrected chi connectivity index (χ4v) is 4.53. The highest BCUT2D eigenvalue weighted by Gasteiger charge is 2.26. The van der Waals surface area contributed by atoms with E-state index in [1.165, 1.54) is 36.9 Å². The molecule has 7 nitrogen and oxygen atoms in total. The molecule has 0 unspecified atom stereocenters.